The average molecular weight is 510 g/mol. The molecule has 1 aliphatic rings. The number of carbonyl (C=O) groups is 1. The van der Waals surface area contributed by atoms with Gasteiger partial charge in [-0.25, -0.2) is 0 Å². The number of hydrogen-bond acceptors (Lipinski definition) is 3. The average Bonchev–Trinajstić information content (AvgIpc) is 3.45. The number of carbonyl (C=O) groups excluding carboxylic acids is 1. The Balaban J connectivity index is 1.62. The number of thiocarbonyl (C=S) groups is 1. The molecule has 3 heterocycles. The van der Waals surface area contributed by atoms with E-state index in [-0.39, 0.29) is 23.9 Å². The lowest BCUT2D eigenvalue weighted by Gasteiger charge is -2.30. The summed E-state index contributed by atoms with van der Waals surface area (Å²) in [5, 5.41) is 7.21. The minimum absolute atomic E-state index is 0.00142. The van der Waals surface area contributed by atoms with E-state index in [4.69, 9.17) is 12.2 Å². The molecule has 0 bridgehead atoms. The summed E-state index contributed by atoms with van der Waals surface area (Å²) < 4.78 is 2.29. The first kappa shape index (κ1) is 24.7. The van der Waals surface area contributed by atoms with Gasteiger partial charge in [-0.15, -0.1) is 0 Å². The molecule has 37 heavy (non-hydrogen) atoms. The van der Waals surface area contributed by atoms with E-state index < -0.39 is 0 Å². The van der Waals surface area contributed by atoms with Crippen LogP contribution in [-0.2, 0) is 4.79 Å². The minimum atomic E-state index is -0.147. The van der Waals surface area contributed by atoms with Crippen molar-refractivity contribution < 1.29 is 4.79 Å². The molecule has 0 radical (unpaired) electrons. The number of anilines is 2. The van der Waals surface area contributed by atoms with Gasteiger partial charge >= 0.3 is 0 Å². The van der Waals surface area contributed by atoms with Gasteiger partial charge in [-0.1, -0.05) is 38.1 Å². The molecule has 0 aliphatic carbocycles. The maximum absolute atomic E-state index is 12.3. The van der Waals surface area contributed by atoms with Gasteiger partial charge in [0.15, 0.2) is 5.11 Å². The van der Waals surface area contributed by atoms with E-state index in [1.165, 1.54) is 0 Å². The Morgan fingerprint density at radius 2 is 1.73 bits per heavy atom. The van der Waals surface area contributed by atoms with E-state index in [1.54, 1.807) is 0 Å². The number of rotatable bonds is 6. The molecule has 2 unspecified atom stereocenters. The van der Waals surface area contributed by atoms with Crippen LogP contribution in [0, 0.1) is 19.8 Å². The first-order valence-corrected chi connectivity index (χ1v) is 12.9. The smallest absolute Gasteiger partial charge is 0.226 e. The molecule has 1 fully saturated rings. The summed E-state index contributed by atoms with van der Waals surface area (Å²) in [5.41, 5.74) is 7.02. The number of hydrogen-bond donors (Lipinski definition) is 2. The summed E-state index contributed by atoms with van der Waals surface area (Å²) in [6.07, 6.45) is 1.82. The number of aryl methyl sites for hydroxylation is 2. The van der Waals surface area contributed by atoms with Gasteiger partial charge in [-0.05, 0) is 86.2 Å². The SMILES string of the molecule is Cc1cc(N2C(=S)NC(c3ccccn3)C2c2ccc(C)n2-c2ccccc2)ccc1NC(=O)C(C)C. The summed E-state index contributed by atoms with van der Waals surface area (Å²) >= 11 is 5.93. The molecular formula is C30H31N5OS. The zero-order valence-corrected chi connectivity index (χ0v) is 22.3. The topological polar surface area (TPSA) is 62.2 Å². The Morgan fingerprint density at radius 1 is 0.973 bits per heavy atom. The highest BCUT2D eigenvalue weighted by molar-refractivity contribution is 7.80. The van der Waals surface area contributed by atoms with Crippen LogP contribution in [0.25, 0.3) is 5.69 Å². The number of nitrogens with zero attached hydrogens (tertiary/aromatic N) is 3. The number of aromatic nitrogens is 2. The molecule has 2 aromatic carbocycles. The lowest BCUT2D eigenvalue weighted by Crippen LogP contribution is -2.30. The third-order valence-corrected chi connectivity index (χ3v) is 7.11. The quantitative estimate of drug-likeness (QED) is 0.300. The predicted octanol–water partition coefficient (Wildman–Crippen LogP) is 6.26. The van der Waals surface area contributed by atoms with Gasteiger partial charge in [0.1, 0.15) is 6.04 Å². The second-order valence-corrected chi connectivity index (χ2v) is 10.1. The van der Waals surface area contributed by atoms with Gasteiger partial charge in [0.2, 0.25) is 5.91 Å². The predicted molar refractivity (Wildman–Crippen MR) is 153 cm³/mol. The van der Waals surface area contributed by atoms with Gasteiger partial charge < -0.3 is 20.1 Å². The third kappa shape index (κ3) is 4.74. The number of amides is 1. The van der Waals surface area contributed by atoms with Crippen LogP contribution in [0.2, 0.25) is 0 Å². The molecule has 0 spiro atoms. The van der Waals surface area contributed by atoms with Crippen LogP contribution in [0.3, 0.4) is 0 Å². The maximum atomic E-state index is 12.3. The monoisotopic (exact) mass is 509 g/mol. The van der Waals surface area contributed by atoms with Crippen LogP contribution >= 0.6 is 12.2 Å². The van der Waals surface area contributed by atoms with Crippen molar-refractivity contribution in [3.05, 3.63) is 108 Å². The Kier molecular flexibility index (Phi) is 6.80. The molecule has 2 aromatic heterocycles. The fourth-order valence-electron chi connectivity index (χ4n) is 4.87. The molecule has 1 saturated heterocycles. The number of benzene rings is 2. The molecule has 6 nitrogen and oxygen atoms in total. The lowest BCUT2D eigenvalue weighted by atomic mass is 10.00. The fraction of sp³-hybridized carbons (Fsp3) is 0.233. The lowest BCUT2D eigenvalue weighted by molar-refractivity contribution is -0.118. The Bertz CT molecular complexity index is 1430. The first-order valence-electron chi connectivity index (χ1n) is 12.5. The van der Waals surface area contributed by atoms with Crippen molar-refractivity contribution in [2.24, 2.45) is 5.92 Å². The highest BCUT2D eigenvalue weighted by atomic mass is 32.1. The van der Waals surface area contributed by atoms with Crippen LogP contribution < -0.4 is 15.5 Å². The van der Waals surface area contributed by atoms with Crippen LogP contribution in [0.15, 0.2) is 85.1 Å². The molecule has 0 saturated carbocycles. The molecule has 2 atom stereocenters. The van der Waals surface area contributed by atoms with E-state index in [1.807, 2.05) is 63.4 Å². The molecule has 7 heteroatoms. The van der Waals surface area contributed by atoms with Crippen molar-refractivity contribution in [2.75, 3.05) is 10.2 Å². The van der Waals surface area contributed by atoms with Crippen LogP contribution in [0.1, 0.15) is 48.6 Å². The fourth-order valence-corrected chi connectivity index (χ4v) is 5.21. The zero-order chi connectivity index (χ0) is 26.1. The van der Waals surface area contributed by atoms with E-state index in [0.717, 1.165) is 39.7 Å². The number of para-hydroxylation sites is 1. The standard InChI is InChI=1S/C30H31N5OS/c1-19(2)29(36)32-24-15-14-23(18-20(24)3)35-28(27(33-30(35)37)25-12-8-9-17-31-25)26-16-13-21(4)34(26)22-10-6-5-7-11-22/h5-19,27-28H,1-4H3,(H,32,36)(H,33,37). The van der Waals surface area contributed by atoms with E-state index in [0.29, 0.717) is 5.11 Å². The van der Waals surface area contributed by atoms with Gasteiger partial charge in [0.05, 0.1) is 11.7 Å². The second-order valence-electron chi connectivity index (χ2n) is 9.71. The highest BCUT2D eigenvalue weighted by Crippen LogP contribution is 2.43. The normalized spacial score (nSPS) is 17.2. The van der Waals surface area contributed by atoms with Gasteiger partial charge in [-0.2, -0.15) is 0 Å². The third-order valence-electron chi connectivity index (χ3n) is 6.79. The first-order chi connectivity index (χ1) is 17.8. The Morgan fingerprint density at radius 3 is 2.41 bits per heavy atom. The van der Waals surface area contributed by atoms with Gasteiger partial charge in [0.25, 0.3) is 0 Å². The summed E-state index contributed by atoms with van der Waals surface area (Å²) in [5.74, 6) is -0.0922. The van der Waals surface area contributed by atoms with Crippen molar-refractivity contribution >= 4 is 34.6 Å². The molecule has 4 aromatic rings. The van der Waals surface area contributed by atoms with Crippen molar-refractivity contribution in [3.8, 4) is 5.69 Å². The van der Waals surface area contributed by atoms with E-state index in [2.05, 4.69) is 74.5 Å². The zero-order valence-electron chi connectivity index (χ0n) is 21.5. The van der Waals surface area contributed by atoms with Crippen LogP contribution in [0.4, 0.5) is 11.4 Å². The summed E-state index contributed by atoms with van der Waals surface area (Å²) in [7, 11) is 0. The second kappa shape index (κ2) is 10.2. The molecule has 5 rings (SSSR count). The highest BCUT2D eigenvalue weighted by Gasteiger charge is 2.42. The molecule has 2 N–H and O–H groups in total. The Hall–Kier alpha value is -3.97. The molecule has 188 valence electrons. The molecule has 1 amide bonds. The Labute approximate surface area is 223 Å². The van der Waals surface area contributed by atoms with Crippen molar-refractivity contribution in [1.29, 1.82) is 0 Å². The summed E-state index contributed by atoms with van der Waals surface area (Å²) in [6, 6.07) is 26.4. The van der Waals surface area contributed by atoms with Crippen LogP contribution in [0.5, 0.6) is 0 Å². The number of pyridine rings is 1. The summed E-state index contributed by atoms with van der Waals surface area (Å²) in [6.45, 7) is 7.90. The van der Waals surface area contributed by atoms with E-state index in [9.17, 15) is 4.79 Å². The van der Waals surface area contributed by atoms with E-state index >= 15 is 0 Å². The minimum Gasteiger partial charge on any atom is -0.351 e. The largest absolute Gasteiger partial charge is 0.351 e. The molecular weight excluding hydrogens is 478 g/mol. The van der Waals surface area contributed by atoms with Crippen molar-refractivity contribution in [3.63, 3.8) is 0 Å². The van der Waals surface area contributed by atoms with Gasteiger partial charge in [0, 0.05) is 40.6 Å². The number of nitrogens with one attached hydrogen (secondary N) is 2. The maximum Gasteiger partial charge on any atom is 0.226 e. The van der Waals surface area contributed by atoms with Crippen molar-refractivity contribution in [1.82, 2.24) is 14.9 Å². The van der Waals surface area contributed by atoms with Gasteiger partial charge in [-0.3, -0.25) is 9.78 Å². The molecule has 1 aliphatic heterocycles. The summed E-state index contributed by atoms with van der Waals surface area (Å²) in [4.78, 5) is 19.2. The van der Waals surface area contributed by atoms with Crippen molar-refractivity contribution in [2.45, 2.75) is 39.8 Å². The van der Waals surface area contributed by atoms with Crippen LogP contribution in [-0.4, -0.2) is 20.6 Å².